The van der Waals surface area contributed by atoms with Crippen LogP contribution in [0.15, 0.2) is 65.2 Å². The van der Waals surface area contributed by atoms with Gasteiger partial charge in [0.1, 0.15) is 12.3 Å². The van der Waals surface area contributed by atoms with E-state index in [1.807, 2.05) is 24.3 Å². The number of halogens is 3. The van der Waals surface area contributed by atoms with Crippen molar-refractivity contribution >= 4 is 50.5 Å². The van der Waals surface area contributed by atoms with E-state index in [4.69, 9.17) is 32.7 Å². The first-order valence-corrected chi connectivity index (χ1v) is 12.6. The number of fused-ring (bicyclic) bond motifs is 3. The summed E-state index contributed by atoms with van der Waals surface area (Å²) in [4.78, 5) is 11.4. The molecule has 35 heavy (non-hydrogen) atoms. The fourth-order valence-corrected chi connectivity index (χ4v) is 5.83. The first kappa shape index (κ1) is 24.0. The summed E-state index contributed by atoms with van der Waals surface area (Å²) >= 11 is 15.8. The van der Waals surface area contributed by atoms with Crippen LogP contribution in [-0.4, -0.2) is 12.0 Å². The first-order valence-electron chi connectivity index (χ1n) is 11.0. The highest BCUT2D eigenvalue weighted by atomic mass is 79.9. The van der Waals surface area contributed by atoms with E-state index in [2.05, 4.69) is 33.4 Å². The Morgan fingerprint density at radius 1 is 1.17 bits per heavy atom. The van der Waals surface area contributed by atoms with Crippen LogP contribution in [0.2, 0.25) is 10.0 Å². The fraction of sp³-hybridized carbons (Fsp3) is 0.231. The smallest absolute Gasteiger partial charge is 0.292 e. The summed E-state index contributed by atoms with van der Waals surface area (Å²) in [6.45, 7) is 0.279. The van der Waals surface area contributed by atoms with E-state index in [9.17, 15) is 10.1 Å². The molecule has 0 amide bonds. The van der Waals surface area contributed by atoms with Crippen molar-refractivity contribution < 1.29 is 14.4 Å². The number of nitro groups is 1. The van der Waals surface area contributed by atoms with Crippen molar-refractivity contribution in [3.63, 3.8) is 0 Å². The Balaban J connectivity index is 1.48. The number of nitrogens with zero attached hydrogens (tertiary/aromatic N) is 1. The largest absolute Gasteiger partial charge is 0.493 e. The van der Waals surface area contributed by atoms with Crippen LogP contribution >= 0.6 is 39.1 Å². The summed E-state index contributed by atoms with van der Waals surface area (Å²) in [6.07, 6.45) is 5.18. The Hall–Kier alpha value is -2.74. The highest BCUT2D eigenvalue weighted by Gasteiger charge is 2.40. The molecule has 0 unspecified atom stereocenters. The minimum Gasteiger partial charge on any atom is -0.493 e. The number of benzene rings is 3. The van der Waals surface area contributed by atoms with Gasteiger partial charge in [0.05, 0.1) is 32.6 Å². The van der Waals surface area contributed by atoms with Gasteiger partial charge in [0.2, 0.25) is 0 Å². The molecule has 0 aromatic heterocycles. The summed E-state index contributed by atoms with van der Waals surface area (Å²) in [6, 6.07) is 14.4. The van der Waals surface area contributed by atoms with Gasteiger partial charge < -0.3 is 14.8 Å². The van der Waals surface area contributed by atoms with Gasteiger partial charge in [-0.25, -0.2) is 0 Å². The van der Waals surface area contributed by atoms with Crippen LogP contribution in [0.3, 0.4) is 0 Å². The van der Waals surface area contributed by atoms with Crippen LogP contribution in [0.25, 0.3) is 0 Å². The highest BCUT2D eigenvalue weighted by Crippen LogP contribution is 2.53. The third-order valence-electron chi connectivity index (χ3n) is 6.55. The molecular formula is C26H21BrCl2N2O4. The molecule has 0 spiro atoms. The monoisotopic (exact) mass is 574 g/mol. The molecule has 3 aromatic carbocycles. The normalized spacial score (nSPS) is 20.1. The number of methoxy groups -OCH3 is 1. The Morgan fingerprint density at radius 2 is 2.00 bits per heavy atom. The van der Waals surface area contributed by atoms with Crippen molar-refractivity contribution in [3.8, 4) is 11.5 Å². The lowest BCUT2D eigenvalue weighted by atomic mass is 9.76. The summed E-state index contributed by atoms with van der Waals surface area (Å²) in [5.74, 6) is 1.45. The molecule has 9 heteroatoms. The van der Waals surface area contributed by atoms with Crippen LogP contribution in [0, 0.1) is 16.0 Å². The molecule has 1 aliphatic heterocycles. The number of nitrogens with one attached hydrogen (secondary N) is 1. The van der Waals surface area contributed by atoms with Crippen LogP contribution < -0.4 is 14.8 Å². The van der Waals surface area contributed by atoms with E-state index in [1.54, 1.807) is 31.4 Å². The van der Waals surface area contributed by atoms with Crippen LogP contribution in [-0.2, 0) is 6.61 Å². The van der Waals surface area contributed by atoms with E-state index in [0.717, 1.165) is 27.6 Å². The molecule has 1 heterocycles. The maximum absolute atomic E-state index is 11.7. The van der Waals surface area contributed by atoms with Gasteiger partial charge in [-0.2, -0.15) is 0 Å². The van der Waals surface area contributed by atoms with Crippen LogP contribution in [0.5, 0.6) is 11.5 Å². The van der Waals surface area contributed by atoms with E-state index in [-0.39, 0.29) is 35.1 Å². The fourth-order valence-electron chi connectivity index (χ4n) is 4.93. The summed E-state index contributed by atoms with van der Waals surface area (Å²) in [5.41, 5.74) is 3.44. The summed E-state index contributed by atoms with van der Waals surface area (Å²) in [7, 11) is 1.59. The zero-order chi connectivity index (χ0) is 24.7. The molecule has 0 radical (unpaired) electrons. The maximum Gasteiger partial charge on any atom is 0.292 e. The minimum absolute atomic E-state index is 0.0823. The summed E-state index contributed by atoms with van der Waals surface area (Å²) < 4.78 is 12.5. The molecule has 6 nitrogen and oxygen atoms in total. The summed E-state index contributed by atoms with van der Waals surface area (Å²) in [5, 5.41) is 16.2. The lowest BCUT2D eigenvalue weighted by molar-refractivity contribution is -0.384. The molecule has 0 fully saturated rings. The molecule has 0 saturated carbocycles. The van der Waals surface area contributed by atoms with Gasteiger partial charge in [0.15, 0.2) is 11.5 Å². The molecule has 1 N–H and O–H groups in total. The van der Waals surface area contributed by atoms with E-state index < -0.39 is 0 Å². The van der Waals surface area contributed by atoms with Crippen molar-refractivity contribution in [2.24, 2.45) is 5.92 Å². The third kappa shape index (κ3) is 4.48. The maximum atomic E-state index is 11.7. The molecule has 2 aliphatic rings. The van der Waals surface area contributed by atoms with Crippen LogP contribution in [0.1, 0.15) is 35.1 Å². The average Bonchev–Trinajstić information content (AvgIpc) is 3.34. The zero-order valence-electron chi connectivity index (χ0n) is 18.6. The highest BCUT2D eigenvalue weighted by molar-refractivity contribution is 9.10. The van der Waals surface area contributed by atoms with Gasteiger partial charge in [0.25, 0.3) is 5.69 Å². The van der Waals surface area contributed by atoms with E-state index in [0.29, 0.717) is 27.2 Å². The van der Waals surface area contributed by atoms with Gasteiger partial charge in [-0.15, -0.1) is 0 Å². The molecule has 5 rings (SSSR count). The van der Waals surface area contributed by atoms with E-state index in [1.165, 1.54) is 0 Å². The van der Waals surface area contributed by atoms with Gasteiger partial charge in [0, 0.05) is 12.0 Å². The Kier molecular flexibility index (Phi) is 6.66. The molecule has 3 aromatic rings. The van der Waals surface area contributed by atoms with Crippen molar-refractivity contribution in [2.75, 3.05) is 12.4 Å². The van der Waals surface area contributed by atoms with Crippen molar-refractivity contribution in [2.45, 2.75) is 25.0 Å². The predicted molar refractivity (Wildman–Crippen MR) is 141 cm³/mol. The number of nitro benzene ring substituents is 1. The van der Waals surface area contributed by atoms with Gasteiger partial charge in [-0.1, -0.05) is 53.6 Å². The molecule has 180 valence electrons. The third-order valence-corrected chi connectivity index (χ3v) is 7.88. The molecule has 0 bridgehead atoms. The Labute approximate surface area is 221 Å². The minimum atomic E-state index is -0.335. The SMILES string of the molecule is COc1cc([C@@H]2Nc3c(cccc3[N+](=O)[O-])[C@H]3C=CC[C@H]32)cc(Br)c1OCc1ccc(Cl)c(Cl)c1. The van der Waals surface area contributed by atoms with Gasteiger partial charge in [-0.05, 0) is 69.2 Å². The Morgan fingerprint density at radius 3 is 2.74 bits per heavy atom. The lowest BCUT2D eigenvalue weighted by Crippen LogP contribution is -2.29. The number of anilines is 1. The number of para-hydroxylation sites is 1. The molecule has 0 saturated heterocycles. The van der Waals surface area contributed by atoms with Gasteiger partial charge in [-0.3, -0.25) is 10.1 Å². The van der Waals surface area contributed by atoms with Gasteiger partial charge >= 0.3 is 0 Å². The van der Waals surface area contributed by atoms with Crippen molar-refractivity contribution in [3.05, 3.63) is 102 Å². The van der Waals surface area contributed by atoms with E-state index >= 15 is 0 Å². The Bertz CT molecular complexity index is 1350. The number of rotatable bonds is 6. The zero-order valence-corrected chi connectivity index (χ0v) is 21.7. The second-order valence-electron chi connectivity index (χ2n) is 8.55. The number of hydrogen-bond donors (Lipinski definition) is 1. The lowest BCUT2D eigenvalue weighted by Gasteiger charge is -2.37. The first-order chi connectivity index (χ1) is 16.9. The predicted octanol–water partition coefficient (Wildman–Crippen LogP) is 8.08. The molecular weight excluding hydrogens is 555 g/mol. The van der Waals surface area contributed by atoms with Crippen molar-refractivity contribution in [1.82, 2.24) is 0 Å². The topological polar surface area (TPSA) is 73.6 Å². The van der Waals surface area contributed by atoms with Crippen molar-refractivity contribution in [1.29, 1.82) is 0 Å². The number of hydrogen-bond acceptors (Lipinski definition) is 5. The second kappa shape index (κ2) is 9.72. The molecule has 3 atom stereocenters. The molecule has 1 aliphatic carbocycles. The number of allylic oxidation sites excluding steroid dienone is 2. The average molecular weight is 576 g/mol. The standard InChI is InChI=1S/C26H21BrCl2N2O4/c1-34-23-12-15(11-19(27)26(23)35-13-14-8-9-20(28)21(29)10-14)24-17-5-2-4-16(17)18-6-3-7-22(31(32)33)25(18)30-24/h2-4,6-12,16-17,24,30H,5,13H2,1H3/t16-,17+,24-/m0/s1. The number of ether oxygens (including phenoxy) is 2. The quantitative estimate of drug-likeness (QED) is 0.183. The second-order valence-corrected chi connectivity index (χ2v) is 10.2. The van der Waals surface area contributed by atoms with Crippen LogP contribution in [0.4, 0.5) is 11.4 Å².